The fraction of sp³-hybridized carbons (Fsp3) is 0.0769. The molecule has 8 heteroatoms. The first-order valence-corrected chi connectivity index (χ1v) is 5.45. The van der Waals surface area contributed by atoms with Gasteiger partial charge < -0.3 is 16.8 Å². The van der Waals surface area contributed by atoms with E-state index in [1.54, 1.807) is 24.3 Å². The van der Waals surface area contributed by atoms with Crippen LogP contribution in [-0.2, 0) is 6.18 Å². The largest absolute Gasteiger partial charge is 0.416 e. The fourth-order valence-corrected chi connectivity index (χ4v) is 1.57. The minimum Gasteiger partial charge on any atom is -0.399 e. The van der Waals surface area contributed by atoms with Crippen LogP contribution in [0.25, 0.3) is 0 Å². The van der Waals surface area contributed by atoms with Crippen molar-refractivity contribution >= 4 is 47.6 Å². The lowest BCUT2D eigenvalue weighted by atomic mass is 10.1. The van der Waals surface area contributed by atoms with E-state index in [2.05, 4.69) is 5.32 Å². The summed E-state index contributed by atoms with van der Waals surface area (Å²) < 4.78 is 37.4. The molecule has 2 rings (SSSR count). The highest BCUT2D eigenvalue weighted by molar-refractivity contribution is 5.85. The Morgan fingerprint density at radius 2 is 1.43 bits per heavy atom. The zero-order valence-corrected chi connectivity index (χ0v) is 12.3. The Morgan fingerprint density at radius 1 is 0.857 bits per heavy atom. The first-order chi connectivity index (χ1) is 8.86. The number of hydrogen-bond donors (Lipinski definition) is 3. The number of halogens is 5. The lowest BCUT2D eigenvalue weighted by molar-refractivity contribution is -0.137. The summed E-state index contributed by atoms with van der Waals surface area (Å²) in [5.41, 5.74) is 12.1. The van der Waals surface area contributed by atoms with Gasteiger partial charge in [0.2, 0.25) is 0 Å². The van der Waals surface area contributed by atoms with Gasteiger partial charge in [-0.25, -0.2) is 0 Å². The Hall–Kier alpha value is -1.79. The van der Waals surface area contributed by atoms with E-state index in [0.717, 1.165) is 12.1 Å². The van der Waals surface area contributed by atoms with E-state index in [9.17, 15) is 13.2 Å². The van der Waals surface area contributed by atoms with E-state index in [1.807, 2.05) is 0 Å². The Bertz CT molecular complexity index is 586. The number of nitrogen functional groups attached to an aromatic ring is 2. The Labute approximate surface area is 132 Å². The highest BCUT2D eigenvalue weighted by Crippen LogP contribution is 2.33. The molecule has 3 nitrogen and oxygen atoms in total. The van der Waals surface area contributed by atoms with Crippen molar-refractivity contribution in [2.75, 3.05) is 16.8 Å². The van der Waals surface area contributed by atoms with E-state index in [1.165, 1.54) is 6.07 Å². The third kappa shape index (κ3) is 4.91. The van der Waals surface area contributed by atoms with Gasteiger partial charge in [-0.1, -0.05) is 0 Å². The topological polar surface area (TPSA) is 64.1 Å². The molecule has 0 atom stereocenters. The SMILES string of the molecule is Cl.Cl.Nc1ccc(Nc2ccc(C(F)(F)F)cc2N)cc1. The van der Waals surface area contributed by atoms with Gasteiger partial charge in [-0.15, -0.1) is 24.8 Å². The second kappa shape index (κ2) is 7.28. The number of hydrogen-bond acceptors (Lipinski definition) is 3. The summed E-state index contributed by atoms with van der Waals surface area (Å²) in [7, 11) is 0. The first-order valence-electron chi connectivity index (χ1n) is 5.45. The number of benzene rings is 2. The van der Waals surface area contributed by atoms with Gasteiger partial charge in [-0.3, -0.25) is 0 Å². The van der Waals surface area contributed by atoms with Crippen LogP contribution in [0.3, 0.4) is 0 Å². The summed E-state index contributed by atoms with van der Waals surface area (Å²) in [6.45, 7) is 0. The van der Waals surface area contributed by atoms with Gasteiger partial charge in [-0.2, -0.15) is 13.2 Å². The average molecular weight is 340 g/mol. The summed E-state index contributed by atoms with van der Waals surface area (Å²) in [6.07, 6.45) is -4.39. The van der Waals surface area contributed by atoms with Gasteiger partial charge >= 0.3 is 6.18 Å². The molecule has 5 N–H and O–H groups in total. The monoisotopic (exact) mass is 339 g/mol. The molecule has 0 amide bonds. The van der Waals surface area contributed by atoms with Crippen LogP contribution in [0.5, 0.6) is 0 Å². The van der Waals surface area contributed by atoms with Crippen molar-refractivity contribution in [2.45, 2.75) is 6.18 Å². The van der Waals surface area contributed by atoms with Crippen molar-refractivity contribution in [3.05, 3.63) is 48.0 Å². The van der Waals surface area contributed by atoms with E-state index in [4.69, 9.17) is 11.5 Å². The molecule has 2 aromatic rings. The van der Waals surface area contributed by atoms with Crippen LogP contribution in [-0.4, -0.2) is 0 Å². The smallest absolute Gasteiger partial charge is 0.399 e. The Kier molecular flexibility index (Phi) is 6.66. The maximum Gasteiger partial charge on any atom is 0.416 e. The lowest BCUT2D eigenvalue weighted by Gasteiger charge is -2.12. The minimum absolute atomic E-state index is 0. The van der Waals surface area contributed by atoms with E-state index in [0.29, 0.717) is 17.1 Å². The second-order valence-corrected chi connectivity index (χ2v) is 4.05. The molecule has 0 aliphatic rings. The number of rotatable bonds is 2. The quantitative estimate of drug-likeness (QED) is 0.708. The normalized spacial score (nSPS) is 10.2. The Balaban J connectivity index is 0.00000200. The number of nitrogens with two attached hydrogens (primary N) is 2. The maximum atomic E-state index is 12.5. The first kappa shape index (κ1) is 19.2. The van der Waals surface area contributed by atoms with Gasteiger partial charge in [0.25, 0.3) is 0 Å². The summed E-state index contributed by atoms with van der Waals surface area (Å²) >= 11 is 0. The van der Waals surface area contributed by atoms with Crippen molar-refractivity contribution < 1.29 is 13.2 Å². The molecule has 0 fully saturated rings. The molecule has 0 bridgehead atoms. The Morgan fingerprint density at radius 3 is 1.90 bits per heavy atom. The lowest BCUT2D eigenvalue weighted by Crippen LogP contribution is -2.06. The molecule has 116 valence electrons. The van der Waals surface area contributed by atoms with Crippen LogP contribution in [0.1, 0.15) is 5.56 Å². The zero-order chi connectivity index (χ0) is 14.0. The molecule has 0 spiro atoms. The van der Waals surface area contributed by atoms with Crippen molar-refractivity contribution in [2.24, 2.45) is 0 Å². The van der Waals surface area contributed by atoms with Crippen LogP contribution in [0.15, 0.2) is 42.5 Å². The predicted octanol–water partition coefficient (Wildman–Crippen LogP) is 4.46. The van der Waals surface area contributed by atoms with Crippen LogP contribution in [0.4, 0.5) is 35.9 Å². The number of nitrogens with one attached hydrogen (secondary N) is 1. The van der Waals surface area contributed by atoms with Crippen LogP contribution in [0.2, 0.25) is 0 Å². The van der Waals surface area contributed by atoms with Crippen molar-refractivity contribution in [1.29, 1.82) is 0 Å². The fourth-order valence-electron chi connectivity index (χ4n) is 1.57. The third-order valence-corrected chi connectivity index (χ3v) is 2.57. The summed E-state index contributed by atoms with van der Waals surface area (Å²) in [6, 6.07) is 9.98. The highest BCUT2D eigenvalue weighted by atomic mass is 35.5. The summed E-state index contributed by atoms with van der Waals surface area (Å²) in [4.78, 5) is 0. The van der Waals surface area contributed by atoms with Crippen molar-refractivity contribution in [3.8, 4) is 0 Å². The molecule has 0 saturated heterocycles. The average Bonchev–Trinajstić information content (AvgIpc) is 2.33. The molecular formula is C13H14Cl2F3N3. The van der Waals surface area contributed by atoms with Crippen LogP contribution < -0.4 is 16.8 Å². The van der Waals surface area contributed by atoms with Gasteiger partial charge in [0.05, 0.1) is 16.9 Å². The molecule has 21 heavy (non-hydrogen) atoms. The maximum absolute atomic E-state index is 12.5. The van der Waals surface area contributed by atoms with Gasteiger partial charge in [0, 0.05) is 11.4 Å². The van der Waals surface area contributed by atoms with Crippen molar-refractivity contribution in [3.63, 3.8) is 0 Å². The van der Waals surface area contributed by atoms with Gasteiger partial charge in [-0.05, 0) is 42.5 Å². The summed E-state index contributed by atoms with van der Waals surface area (Å²) in [5.74, 6) is 0. The molecule has 0 aromatic heterocycles. The third-order valence-electron chi connectivity index (χ3n) is 2.57. The van der Waals surface area contributed by atoms with Gasteiger partial charge in [0.1, 0.15) is 0 Å². The summed E-state index contributed by atoms with van der Waals surface area (Å²) in [5, 5.41) is 2.93. The van der Waals surface area contributed by atoms with Crippen LogP contribution in [0, 0.1) is 0 Å². The van der Waals surface area contributed by atoms with E-state index in [-0.39, 0.29) is 30.5 Å². The number of anilines is 4. The van der Waals surface area contributed by atoms with E-state index < -0.39 is 11.7 Å². The highest BCUT2D eigenvalue weighted by Gasteiger charge is 2.30. The zero-order valence-electron chi connectivity index (χ0n) is 10.6. The standard InChI is InChI=1S/C13H12F3N3.2ClH/c14-13(15,16)8-1-6-12(11(18)7-8)19-10-4-2-9(17)3-5-10;;/h1-7,19H,17-18H2;2*1H. The molecule has 2 aromatic carbocycles. The van der Waals surface area contributed by atoms with Gasteiger partial charge in [0.15, 0.2) is 0 Å². The molecule has 0 aliphatic carbocycles. The predicted molar refractivity (Wildman–Crippen MR) is 84.5 cm³/mol. The molecule has 0 saturated carbocycles. The molecule has 0 heterocycles. The minimum atomic E-state index is -4.39. The molecule has 0 radical (unpaired) electrons. The molecule has 0 unspecified atom stereocenters. The second-order valence-electron chi connectivity index (χ2n) is 4.05. The van der Waals surface area contributed by atoms with Crippen molar-refractivity contribution in [1.82, 2.24) is 0 Å². The molecular weight excluding hydrogens is 326 g/mol. The van der Waals surface area contributed by atoms with E-state index >= 15 is 0 Å². The van der Waals surface area contributed by atoms with Crippen LogP contribution >= 0.6 is 24.8 Å². The molecule has 0 aliphatic heterocycles. The number of alkyl halides is 3.